The van der Waals surface area contributed by atoms with Gasteiger partial charge < -0.3 is 19.5 Å². The van der Waals surface area contributed by atoms with Crippen molar-refractivity contribution in [3.8, 4) is 17.2 Å². The molecule has 0 saturated carbocycles. The molecule has 3 rings (SSSR count). The van der Waals surface area contributed by atoms with E-state index in [4.69, 9.17) is 14.2 Å². The highest BCUT2D eigenvalue weighted by Crippen LogP contribution is 2.30. The maximum absolute atomic E-state index is 12.4. The largest absolute Gasteiger partial charge is 0.495 e. The van der Waals surface area contributed by atoms with Crippen molar-refractivity contribution < 1.29 is 19.0 Å². The molecule has 0 aliphatic rings. The van der Waals surface area contributed by atoms with E-state index in [1.165, 1.54) is 11.6 Å². The van der Waals surface area contributed by atoms with Crippen molar-refractivity contribution in [1.29, 1.82) is 0 Å². The van der Waals surface area contributed by atoms with Crippen LogP contribution in [-0.4, -0.2) is 20.1 Å². The average molecular weight is 418 g/mol. The zero-order valence-electron chi connectivity index (χ0n) is 18.3. The fraction of sp³-hybridized carbons (Fsp3) is 0.192. The van der Waals surface area contributed by atoms with Crippen molar-refractivity contribution in [2.45, 2.75) is 20.5 Å². The summed E-state index contributed by atoms with van der Waals surface area (Å²) in [4.78, 5) is 12.4. The molecule has 0 fully saturated rings. The standard InChI is InChI=1S/C26H27NO4/c1-18-9-12-23(29-3)22(15-18)27-26(28)14-11-20-10-13-24(25(16-20)30-4)31-17-21-8-6-5-7-19(21)2/h5-16H,17H2,1-4H3,(H,27,28). The van der Waals surface area contributed by atoms with Crippen molar-refractivity contribution in [3.63, 3.8) is 0 Å². The lowest BCUT2D eigenvalue weighted by Crippen LogP contribution is -2.09. The van der Waals surface area contributed by atoms with Gasteiger partial charge in [0.15, 0.2) is 11.5 Å². The van der Waals surface area contributed by atoms with Crippen molar-refractivity contribution in [2.75, 3.05) is 19.5 Å². The Bertz CT molecular complexity index is 1090. The molecule has 0 radical (unpaired) electrons. The van der Waals surface area contributed by atoms with Gasteiger partial charge in [-0.25, -0.2) is 0 Å². The number of anilines is 1. The van der Waals surface area contributed by atoms with E-state index in [2.05, 4.69) is 18.3 Å². The molecule has 1 N–H and O–H groups in total. The number of methoxy groups -OCH3 is 2. The molecule has 0 aliphatic heterocycles. The molecule has 5 nitrogen and oxygen atoms in total. The number of hydrogen-bond acceptors (Lipinski definition) is 4. The number of ether oxygens (including phenoxy) is 3. The summed E-state index contributed by atoms with van der Waals surface area (Å²) in [5.74, 6) is 1.63. The first-order valence-corrected chi connectivity index (χ1v) is 9.99. The Morgan fingerprint density at radius 1 is 0.903 bits per heavy atom. The van der Waals surface area contributed by atoms with E-state index in [1.807, 2.05) is 61.5 Å². The van der Waals surface area contributed by atoms with Crippen LogP contribution in [0, 0.1) is 13.8 Å². The minimum atomic E-state index is -0.247. The number of carbonyl (C=O) groups is 1. The second-order valence-corrected chi connectivity index (χ2v) is 7.15. The lowest BCUT2D eigenvalue weighted by molar-refractivity contribution is -0.111. The van der Waals surface area contributed by atoms with Crippen LogP contribution in [0.1, 0.15) is 22.3 Å². The van der Waals surface area contributed by atoms with E-state index in [0.717, 1.165) is 16.7 Å². The summed E-state index contributed by atoms with van der Waals surface area (Å²) in [6.07, 6.45) is 3.20. The van der Waals surface area contributed by atoms with Gasteiger partial charge in [-0.3, -0.25) is 4.79 Å². The Balaban J connectivity index is 1.68. The third kappa shape index (κ3) is 5.89. The fourth-order valence-electron chi connectivity index (χ4n) is 3.10. The minimum absolute atomic E-state index is 0.247. The molecule has 3 aromatic carbocycles. The summed E-state index contributed by atoms with van der Waals surface area (Å²) in [5.41, 5.74) is 4.79. The zero-order chi connectivity index (χ0) is 22.2. The number of rotatable bonds is 8. The third-order valence-corrected chi connectivity index (χ3v) is 4.87. The van der Waals surface area contributed by atoms with Crippen LogP contribution in [-0.2, 0) is 11.4 Å². The van der Waals surface area contributed by atoms with Gasteiger partial charge in [-0.2, -0.15) is 0 Å². The van der Waals surface area contributed by atoms with E-state index in [1.54, 1.807) is 20.3 Å². The van der Waals surface area contributed by atoms with Crippen LogP contribution in [0.5, 0.6) is 17.2 Å². The Morgan fingerprint density at radius 3 is 2.39 bits per heavy atom. The quantitative estimate of drug-likeness (QED) is 0.488. The number of hydrogen-bond donors (Lipinski definition) is 1. The monoisotopic (exact) mass is 417 g/mol. The summed E-state index contributed by atoms with van der Waals surface area (Å²) < 4.78 is 16.7. The first-order chi connectivity index (χ1) is 15.0. The molecule has 1 amide bonds. The van der Waals surface area contributed by atoms with Gasteiger partial charge >= 0.3 is 0 Å². The molecule has 0 saturated heterocycles. The van der Waals surface area contributed by atoms with E-state index in [-0.39, 0.29) is 5.91 Å². The highest BCUT2D eigenvalue weighted by atomic mass is 16.5. The van der Waals surface area contributed by atoms with Gasteiger partial charge in [0.1, 0.15) is 12.4 Å². The van der Waals surface area contributed by atoms with Crippen LogP contribution in [0.15, 0.2) is 66.7 Å². The third-order valence-electron chi connectivity index (χ3n) is 4.87. The Morgan fingerprint density at radius 2 is 1.65 bits per heavy atom. The maximum atomic E-state index is 12.4. The van der Waals surface area contributed by atoms with Gasteiger partial charge in [0, 0.05) is 6.08 Å². The molecule has 160 valence electrons. The predicted octanol–water partition coefficient (Wildman–Crippen LogP) is 5.55. The van der Waals surface area contributed by atoms with Crippen LogP contribution in [0.25, 0.3) is 6.08 Å². The van der Waals surface area contributed by atoms with Gasteiger partial charge in [0.05, 0.1) is 19.9 Å². The minimum Gasteiger partial charge on any atom is -0.495 e. The lowest BCUT2D eigenvalue weighted by atomic mass is 10.1. The summed E-state index contributed by atoms with van der Waals surface area (Å²) in [6.45, 7) is 4.47. The van der Waals surface area contributed by atoms with Gasteiger partial charge in [0.2, 0.25) is 5.91 Å². The van der Waals surface area contributed by atoms with Crippen molar-refractivity contribution in [2.24, 2.45) is 0 Å². The van der Waals surface area contributed by atoms with Crippen LogP contribution < -0.4 is 19.5 Å². The predicted molar refractivity (Wildman–Crippen MR) is 124 cm³/mol. The molecule has 0 spiro atoms. The van der Waals surface area contributed by atoms with Crippen molar-refractivity contribution in [1.82, 2.24) is 0 Å². The van der Waals surface area contributed by atoms with Crippen LogP contribution >= 0.6 is 0 Å². The SMILES string of the molecule is COc1ccc(C)cc1NC(=O)C=Cc1ccc(OCc2ccccc2C)c(OC)c1. The molecule has 3 aromatic rings. The van der Waals surface area contributed by atoms with Crippen molar-refractivity contribution >= 4 is 17.7 Å². The second kappa shape index (κ2) is 10.3. The van der Waals surface area contributed by atoms with Gasteiger partial charge in [0.25, 0.3) is 0 Å². The molecule has 0 bridgehead atoms. The normalized spacial score (nSPS) is 10.7. The first kappa shape index (κ1) is 22.0. The Labute approximate surface area is 183 Å². The zero-order valence-corrected chi connectivity index (χ0v) is 18.3. The molecule has 0 aromatic heterocycles. The van der Waals surface area contributed by atoms with Gasteiger partial charge in [-0.05, 0) is 66.4 Å². The van der Waals surface area contributed by atoms with Gasteiger partial charge in [-0.1, -0.05) is 36.4 Å². The number of aryl methyl sites for hydroxylation is 2. The number of carbonyl (C=O) groups excluding carboxylic acids is 1. The molecular formula is C26H27NO4. The highest BCUT2D eigenvalue weighted by molar-refractivity contribution is 6.02. The molecule has 0 unspecified atom stereocenters. The van der Waals surface area contributed by atoms with E-state index < -0.39 is 0 Å². The van der Waals surface area contributed by atoms with E-state index in [9.17, 15) is 4.79 Å². The molecule has 0 aliphatic carbocycles. The molecule has 0 atom stereocenters. The fourth-order valence-corrected chi connectivity index (χ4v) is 3.10. The summed E-state index contributed by atoms with van der Waals surface area (Å²) >= 11 is 0. The molecular weight excluding hydrogens is 390 g/mol. The summed E-state index contributed by atoms with van der Waals surface area (Å²) in [7, 11) is 3.17. The van der Waals surface area contributed by atoms with E-state index >= 15 is 0 Å². The highest BCUT2D eigenvalue weighted by Gasteiger charge is 2.08. The molecule has 5 heteroatoms. The van der Waals surface area contributed by atoms with Crippen LogP contribution in [0.4, 0.5) is 5.69 Å². The Kier molecular flexibility index (Phi) is 7.33. The van der Waals surface area contributed by atoms with E-state index in [0.29, 0.717) is 29.5 Å². The second-order valence-electron chi connectivity index (χ2n) is 7.15. The smallest absolute Gasteiger partial charge is 0.248 e. The topological polar surface area (TPSA) is 56.8 Å². The Hall–Kier alpha value is -3.73. The summed E-state index contributed by atoms with van der Waals surface area (Å²) in [6, 6.07) is 19.3. The maximum Gasteiger partial charge on any atom is 0.248 e. The number of benzene rings is 3. The number of nitrogens with one attached hydrogen (secondary N) is 1. The average Bonchev–Trinajstić information content (AvgIpc) is 2.77. The molecule has 0 heterocycles. The molecule has 31 heavy (non-hydrogen) atoms. The summed E-state index contributed by atoms with van der Waals surface area (Å²) in [5, 5.41) is 2.85. The number of amides is 1. The van der Waals surface area contributed by atoms with Crippen LogP contribution in [0.3, 0.4) is 0 Å². The van der Waals surface area contributed by atoms with Crippen LogP contribution in [0.2, 0.25) is 0 Å². The lowest BCUT2D eigenvalue weighted by Gasteiger charge is -2.12. The first-order valence-electron chi connectivity index (χ1n) is 9.99. The van der Waals surface area contributed by atoms with Crippen molar-refractivity contribution in [3.05, 3.63) is 89.0 Å². The van der Waals surface area contributed by atoms with Gasteiger partial charge in [-0.15, -0.1) is 0 Å².